The number of carbonyl (C=O) groups is 1. The quantitative estimate of drug-likeness (QED) is 0.396. The molecule has 3 rings (SSSR count). The Labute approximate surface area is 194 Å². The summed E-state index contributed by atoms with van der Waals surface area (Å²) < 4.78 is 40.5. The Balaban J connectivity index is 1.52. The minimum Gasteiger partial charge on any atom is -0.493 e. The van der Waals surface area contributed by atoms with E-state index in [1.165, 1.54) is 19.3 Å². The van der Waals surface area contributed by atoms with E-state index in [1.54, 1.807) is 29.5 Å². The zero-order valence-corrected chi connectivity index (χ0v) is 19.0. The van der Waals surface area contributed by atoms with Crippen LogP contribution < -0.4 is 19.5 Å². The molecule has 0 atom stereocenters. The molecule has 33 heavy (non-hydrogen) atoms. The molecule has 0 spiro atoms. The number of aryl methyl sites for hydroxylation is 1. The first kappa shape index (κ1) is 24.2. The standard InChI is InChI=1S/C24H24F2N2O4S/c1-16-28-19(15-33-16)14-31-20-6-4-3-5-18(20)8-10-23(29)27-12-11-17-7-9-21(30-2)22(13-17)32-24(25)26/h3-10,13,15,24H,11-12,14H2,1-2H3,(H,27,29)/b10-8+. The molecule has 3 aromatic rings. The third-order valence-corrected chi connectivity index (χ3v) is 5.35. The Kier molecular flexibility index (Phi) is 8.77. The van der Waals surface area contributed by atoms with E-state index in [1.807, 2.05) is 36.6 Å². The fraction of sp³-hybridized carbons (Fsp3) is 0.250. The van der Waals surface area contributed by atoms with E-state index in [0.717, 1.165) is 21.8 Å². The third kappa shape index (κ3) is 7.57. The molecule has 9 heteroatoms. The summed E-state index contributed by atoms with van der Waals surface area (Å²) >= 11 is 1.56. The minimum absolute atomic E-state index is 0.0411. The van der Waals surface area contributed by atoms with Gasteiger partial charge in [-0.15, -0.1) is 11.3 Å². The zero-order chi connectivity index (χ0) is 23.6. The van der Waals surface area contributed by atoms with Crippen molar-refractivity contribution in [2.75, 3.05) is 13.7 Å². The molecule has 0 aliphatic carbocycles. The topological polar surface area (TPSA) is 69.7 Å². The Morgan fingerprint density at radius 1 is 1.18 bits per heavy atom. The molecule has 0 saturated carbocycles. The van der Waals surface area contributed by atoms with E-state index in [-0.39, 0.29) is 17.4 Å². The van der Waals surface area contributed by atoms with Crippen molar-refractivity contribution in [2.45, 2.75) is 26.6 Å². The summed E-state index contributed by atoms with van der Waals surface area (Å²) in [6, 6.07) is 12.2. The van der Waals surface area contributed by atoms with Crippen molar-refractivity contribution in [1.82, 2.24) is 10.3 Å². The number of ether oxygens (including phenoxy) is 3. The van der Waals surface area contributed by atoms with Crippen LogP contribution in [0.4, 0.5) is 8.78 Å². The van der Waals surface area contributed by atoms with Crippen LogP contribution in [-0.4, -0.2) is 31.2 Å². The van der Waals surface area contributed by atoms with Crippen molar-refractivity contribution < 1.29 is 27.8 Å². The number of nitrogens with zero attached hydrogens (tertiary/aromatic N) is 1. The van der Waals surface area contributed by atoms with Crippen molar-refractivity contribution in [1.29, 1.82) is 0 Å². The van der Waals surface area contributed by atoms with E-state index in [0.29, 0.717) is 25.3 Å². The normalized spacial score (nSPS) is 11.1. The van der Waals surface area contributed by atoms with E-state index >= 15 is 0 Å². The highest BCUT2D eigenvalue weighted by atomic mass is 32.1. The van der Waals surface area contributed by atoms with Crippen molar-refractivity contribution in [3.8, 4) is 17.2 Å². The summed E-state index contributed by atoms with van der Waals surface area (Å²) in [5.41, 5.74) is 2.35. The van der Waals surface area contributed by atoms with Gasteiger partial charge in [-0.1, -0.05) is 24.3 Å². The third-order valence-electron chi connectivity index (χ3n) is 4.53. The summed E-state index contributed by atoms with van der Waals surface area (Å²) in [7, 11) is 1.38. The van der Waals surface area contributed by atoms with Gasteiger partial charge in [0.15, 0.2) is 11.5 Å². The maximum atomic E-state index is 12.6. The van der Waals surface area contributed by atoms with Crippen LogP contribution in [0, 0.1) is 6.92 Å². The van der Waals surface area contributed by atoms with Gasteiger partial charge in [-0.05, 0) is 43.2 Å². The molecule has 1 amide bonds. The smallest absolute Gasteiger partial charge is 0.387 e. The van der Waals surface area contributed by atoms with Crippen molar-refractivity contribution in [2.24, 2.45) is 0 Å². The second-order valence-corrected chi connectivity index (χ2v) is 7.98. The van der Waals surface area contributed by atoms with Crippen LogP contribution >= 0.6 is 11.3 Å². The average molecular weight is 475 g/mol. The van der Waals surface area contributed by atoms with Gasteiger partial charge in [-0.25, -0.2) is 4.98 Å². The number of para-hydroxylation sites is 1. The number of hydrogen-bond acceptors (Lipinski definition) is 6. The van der Waals surface area contributed by atoms with Crippen LogP contribution in [0.5, 0.6) is 17.2 Å². The van der Waals surface area contributed by atoms with Gasteiger partial charge in [-0.3, -0.25) is 4.79 Å². The van der Waals surface area contributed by atoms with Gasteiger partial charge in [0.25, 0.3) is 0 Å². The predicted molar refractivity (Wildman–Crippen MR) is 123 cm³/mol. The predicted octanol–water partition coefficient (Wildman–Crippen LogP) is 5.01. The molecule has 0 aliphatic heterocycles. The summed E-state index contributed by atoms with van der Waals surface area (Å²) in [6.07, 6.45) is 3.55. The lowest BCUT2D eigenvalue weighted by molar-refractivity contribution is -0.116. The lowest BCUT2D eigenvalue weighted by Crippen LogP contribution is -2.23. The number of carbonyl (C=O) groups excluding carboxylic acids is 1. The largest absolute Gasteiger partial charge is 0.493 e. The van der Waals surface area contributed by atoms with E-state index in [9.17, 15) is 13.6 Å². The van der Waals surface area contributed by atoms with E-state index < -0.39 is 6.61 Å². The molecule has 174 valence electrons. The number of benzene rings is 2. The first-order valence-electron chi connectivity index (χ1n) is 10.1. The second-order valence-electron chi connectivity index (χ2n) is 6.92. The lowest BCUT2D eigenvalue weighted by Gasteiger charge is -2.11. The monoisotopic (exact) mass is 474 g/mol. The molecule has 0 saturated heterocycles. The second kappa shape index (κ2) is 12.0. The van der Waals surface area contributed by atoms with Crippen molar-refractivity contribution >= 4 is 23.3 Å². The highest BCUT2D eigenvalue weighted by molar-refractivity contribution is 7.09. The zero-order valence-electron chi connectivity index (χ0n) is 18.2. The number of hydrogen-bond donors (Lipinski definition) is 1. The number of alkyl halides is 2. The highest BCUT2D eigenvalue weighted by Crippen LogP contribution is 2.29. The molecule has 0 bridgehead atoms. The van der Waals surface area contributed by atoms with Gasteiger partial charge in [0.05, 0.1) is 17.8 Å². The molecule has 0 radical (unpaired) electrons. The van der Waals surface area contributed by atoms with E-state index in [4.69, 9.17) is 9.47 Å². The molecule has 0 aliphatic rings. The summed E-state index contributed by atoms with van der Waals surface area (Å²) in [4.78, 5) is 16.6. The summed E-state index contributed by atoms with van der Waals surface area (Å²) in [6.45, 7) is -0.337. The number of methoxy groups -OCH3 is 1. The molecular weight excluding hydrogens is 450 g/mol. The number of nitrogens with one attached hydrogen (secondary N) is 1. The van der Waals surface area contributed by atoms with Gasteiger partial charge < -0.3 is 19.5 Å². The Hall–Kier alpha value is -3.46. The fourth-order valence-corrected chi connectivity index (χ4v) is 3.59. The first-order chi connectivity index (χ1) is 15.9. The van der Waals surface area contributed by atoms with Crippen LogP contribution in [-0.2, 0) is 17.8 Å². The minimum atomic E-state index is -2.95. The molecule has 2 aromatic carbocycles. The maximum Gasteiger partial charge on any atom is 0.387 e. The molecule has 0 unspecified atom stereocenters. The fourth-order valence-electron chi connectivity index (χ4n) is 3.00. The number of halogens is 2. The molecule has 1 heterocycles. The van der Waals surface area contributed by atoms with Crippen LogP contribution in [0.15, 0.2) is 53.9 Å². The number of thiazole rings is 1. The molecule has 0 fully saturated rings. The molecule has 1 N–H and O–H groups in total. The van der Waals surface area contributed by atoms with Crippen LogP contribution in [0.3, 0.4) is 0 Å². The van der Waals surface area contributed by atoms with Gasteiger partial charge in [0.1, 0.15) is 12.4 Å². The number of amides is 1. The first-order valence-corrected chi connectivity index (χ1v) is 11.0. The Morgan fingerprint density at radius 3 is 2.73 bits per heavy atom. The SMILES string of the molecule is COc1ccc(CCNC(=O)/C=C/c2ccccc2OCc2csc(C)n2)cc1OC(F)F. The van der Waals surface area contributed by atoms with Crippen LogP contribution in [0.25, 0.3) is 6.08 Å². The molecule has 6 nitrogen and oxygen atoms in total. The van der Waals surface area contributed by atoms with E-state index in [2.05, 4.69) is 15.0 Å². The van der Waals surface area contributed by atoms with Crippen molar-refractivity contribution in [3.05, 3.63) is 75.7 Å². The van der Waals surface area contributed by atoms with Crippen LogP contribution in [0.2, 0.25) is 0 Å². The van der Waals surface area contributed by atoms with Gasteiger partial charge >= 0.3 is 6.61 Å². The summed E-state index contributed by atoms with van der Waals surface area (Å²) in [5, 5.41) is 5.70. The van der Waals surface area contributed by atoms with Crippen LogP contribution in [0.1, 0.15) is 21.8 Å². The van der Waals surface area contributed by atoms with Gasteiger partial charge in [-0.2, -0.15) is 8.78 Å². The maximum absolute atomic E-state index is 12.6. The number of aromatic nitrogens is 1. The Morgan fingerprint density at radius 2 is 2.00 bits per heavy atom. The molecular formula is C24H24F2N2O4S. The van der Waals surface area contributed by atoms with Gasteiger partial charge in [0.2, 0.25) is 5.91 Å². The lowest BCUT2D eigenvalue weighted by atomic mass is 10.1. The molecule has 1 aromatic heterocycles. The number of rotatable bonds is 11. The highest BCUT2D eigenvalue weighted by Gasteiger charge is 2.11. The van der Waals surface area contributed by atoms with Gasteiger partial charge in [0, 0.05) is 23.6 Å². The Bertz CT molecular complexity index is 1100. The summed E-state index contributed by atoms with van der Waals surface area (Å²) in [5.74, 6) is 0.548. The average Bonchev–Trinajstić information content (AvgIpc) is 3.21. The van der Waals surface area contributed by atoms with Crippen molar-refractivity contribution in [3.63, 3.8) is 0 Å².